The number of aliphatic hydroxyl groups is 1. The predicted molar refractivity (Wildman–Crippen MR) is 113 cm³/mol. The van der Waals surface area contributed by atoms with Crippen LogP contribution in [0.25, 0.3) is 0 Å². The molecule has 2 aromatic rings. The monoisotopic (exact) mass is 430 g/mol. The molecule has 0 spiro atoms. The van der Waals surface area contributed by atoms with Crippen molar-refractivity contribution in [3.8, 4) is 5.75 Å². The van der Waals surface area contributed by atoms with Gasteiger partial charge in [0.15, 0.2) is 6.10 Å². The molecule has 0 radical (unpaired) electrons. The number of benzene rings is 2. The first kappa shape index (κ1) is 23.9. The van der Waals surface area contributed by atoms with E-state index in [9.17, 15) is 9.59 Å². The highest BCUT2D eigenvalue weighted by atomic mass is 16.6. The third-order valence-electron chi connectivity index (χ3n) is 4.03. The Kier molecular flexibility index (Phi) is 10.0. The van der Waals surface area contributed by atoms with Crippen LogP contribution in [-0.2, 0) is 14.3 Å². The number of hydroxylamine groups is 1. The quantitative estimate of drug-likeness (QED) is 0.245. The Bertz CT molecular complexity index is 858. The standard InChI is InChI=1S/C22H26N2O7/c1-2-29-19(12-13-20(26)24-28)21(17-10-6-7-11-18(17)30-15-14-25)31-22(27)23-16-8-4-3-5-9-16/h3-13,19,21,25,28H,2,14-15H2,1H3,(H,23,27)(H,24,26)/b13-12+/t19-,21-/m0/s1. The van der Waals surface area contributed by atoms with E-state index in [4.69, 9.17) is 24.5 Å². The van der Waals surface area contributed by atoms with Gasteiger partial charge in [0.25, 0.3) is 5.91 Å². The molecule has 0 bridgehead atoms. The molecule has 0 aromatic heterocycles. The van der Waals surface area contributed by atoms with Gasteiger partial charge in [0.05, 0.1) is 6.61 Å². The number of amides is 2. The summed E-state index contributed by atoms with van der Waals surface area (Å²) in [7, 11) is 0. The molecule has 2 amide bonds. The van der Waals surface area contributed by atoms with Crippen molar-refractivity contribution in [2.75, 3.05) is 25.1 Å². The molecule has 4 N–H and O–H groups in total. The fourth-order valence-corrected chi connectivity index (χ4v) is 2.75. The topological polar surface area (TPSA) is 126 Å². The van der Waals surface area contributed by atoms with Crippen molar-refractivity contribution in [3.05, 3.63) is 72.3 Å². The number of para-hydroxylation sites is 2. The van der Waals surface area contributed by atoms with Crippen LogP contribution >= 0.6 is 0 Å². The molecule has 9 heteroatoms. The number of ether oxygens (including phenoxy) is 3. The molecule has 2 aromatic carbocycles. The summed E-state index contributed by atoms with van der Waals surface area (Å²) in [6, 6.07) is 15.6. The number of anilines is 1. The molecule has 0 aliphatic carbocycles. The second-order valence-corrected chi connectivity index (χ2v) is 6.18. The minimum absolute atomic E-state index is 0.0437. The molecule has 2 rings (SSSR count). The van der Waals surface area contributed by atoms with Crippen LogP contribution in [0.15, 0.2) is 66.7 Å². The third kappa shape index (κ3) is 7.74. The smallest absolute Gasteiger partial charge is 0.412 e. The Balaban J connectivity index is 2.36. The van der Waals surface area contributed by atoms with Gasteiger partial charge in [0.1, 0.15) is 18.5 Å². The van der Waals surface area contributed by atoms with Crippen LogP contribution in [0.5, 0.6) is 5.75 Å². The Morgan fingerprint density at radius 1 is 1.10 bits per heavy atom. The van der Waals surface area contributed by atoms with Gasteiger partial charge in [-0.3, -0.25) is 15.3 Å². The predicted octanol–water partition coefficient (Wildman–Crippen LogP) is 2.81. The Labute approximate surface area is 180 Å². The first-order chi connectivity index (χ1) is 15.1. The van der Waals surface area contributed by atoms with Gasteiger partial charge >= 0.3 is 6.09 Å². The summed E-state index contributed by atoms with van der Waals surface area (Å²) < 4.78 is 17.0. The minimum Gasteiger partial charge on any atom is -0.491 e. The molecular weight excluding hydrogens is 404 g/mol. The van der Waals surface area contributed by atoms with Crippen LogP contribution in [0.4, 0.5) is 10.5 Å². The van der Waals surface area contributed by atoms with Crippen LogP contribution in [0.2, 0.25) is 0 Å². The SMILES string of the molecule is CCO[C@@H](/C=C/C(=O)NO)[C@@H](OC(=O)Nc1ccccc1)c1ccccc1OCCO. The van der Waals surface area contributed by atoms with Crippen molar-refractivity contribution in [3.63, 3.8) is 0 Å². The van der Waals surface area contributed by atoms with E-state index in [1.54, 1.807) is 55.5 Å². The maximum atomic E-state index is 12.6. The summed E-state index contributed by atoms with van der Waals surface area (Å²) in [5.74, 6) is -0.374. The average Bonchev–Trinajstić information content (AvgIpc) is 2.79. The zero-order valence-electron chi connectivity index (χ0n) is 17.1. The van der Waals surface area contributed by atoms with Gasteiger partial charge in [-0.2, -0.15) is 0 Å². The Morgan fingerprint density at radius 3 is 2.48 bits per heavy atom. The first-order valence-corrected chi connectivity index (χ1v) is 9.68. The second kappa shape index (κ2) is 13.0. The van der Waals surface area contributed by atoms with Crippen molar-refractivity contribution in [2.45, 2.75) is 19.1 Å². The van der Waals surface area contributed by atoms with E-state index in [1.165, 1.54) is 11.6 Å². The number of rotatable bonds is 11. The van der Waals surface area contributed by atoms with Gasteiger partial charge in [0.2, 0.25) is 0 Å². The van der Waals surface area contributed by atoms with Crippen LogP contribution in [0.3, 0.4) is 0 Å². The number of aliphatic hydroxyl groups excluding tert-OH is 1. The highest BCUT2D eigenvalue weighted by Crippen LogP contribution is 2.32. The summed E-state index contributed by atoms with van der Waals surface area (Å²) in [6.07, 6.45) is -0.164. The largest absolute Gasteiger partial charge is 0.491 e. The molecule has 9 nitrogen and oxygen atoms in total. The molecule has 0 aliphatic rings. The van der Waals surface area contributed by atoms with Crippen molar-refractivity contribution < 1.29 is 34.1 Å². The van der Waals surface area contributed by atoms with E-state index < -0.39 is 24.2 Å². The molecule has 166 valence electrons. The first-order valence-electron chi connectivity index (χ1n) is 9.68. The molecule has 0 saturated carbocycles. The van der Waals surface area contributed by atoms with E-state index in [0.29, 0.717) is 17.0 Å². The number of carbonyl (C=O) groups is 2. The summed E-state index contributed by atoms with van der Waals surface area (Å²) >= 11 is 0. The zero-order valence-corrected chi connectivity index (χ0v) is 17.1. The minimum atomic E-state index is -0.999. The molecule has 0 saturated heterocycles. The molecule has 0 aliphatic heterocycles. The molecule has 0 fully saturated rings. The lowest BCUT2D eigenvalue weighted by molar-refractivity contribution is -0.124. The summed E-state index contributed by atoms with van der Waals surface area (Å²) in [4.78, 5) is 24.1. The lowest BCUT2D eigenvalue weighted by Crippen LogP contribution is -2.28. The highest BCUT2D eigenvalue weighted by molar-refractivity contribution is 5.86. The van der Waals surface area contributed by atoms with Gasteiger partial charge in [-0.25, -0.2) is 10.3 Å². The highest BCUT2D eigenvalue weighted by Gasteiger charge is 2.29. The lowest BCUT2D eigenvalue weighted by Gasteiger charge is -2.27. The van der Waals surface area contributed by atoms with E-state index in [1.807, 2.05) is 6.07 Å². The number of hydrogen-bond donors (Lipinski definition) is 4. The summed E-state index contributed by atoms with van der Waals surface area (Å²) in [5.41, 5.74) is 2.52. The van der Waals surface area contributed by atoms with Crippen LogP contribution in [0.1, 0.15) is 18.6 Å². The van der Waals surface area contributed by atoms with Crippen LogP contribution < -0.4 is 15.5 Å². The fourth-order valence-electron chi connectivity index (χ4n) is 2.75. The van der Waals surface area contributed by atoms with Crippen molar-refractivity contribution in [2.24, 2.45) is 0 Å². The fraction of sp³-hybridized carbons (Fsp3) is 0.273. The number of hydrogen-bond acceptors (Lipinski definition) is 7. The van der Waals surface area contributed by atoms with Gasteiger partial charge in [-0.1, -0.05) is 36.4 Å². The van der Waals surface area contributed by atoms with Gasteiger partial charge in [-0.05, 0) is 31.2 Å². The van der Waals surface area contributed by atoms with Crippen molar-refractivity contribution >= 4 is 17.7 Å². The summed E-state index contributed by atoms with van der Waals surface area (Å²) in [6.45, 7) is 1.86. The Morgan fingerprint density at radius 2 is 1.81 bits per heavy atom. The molecule has 31 heavy (non-hydrogen) atoms. The second-order valence-electron chi connectivity index (χ2n) is 6.18. The normalized spacial score (nSPS) is 12.7. The maximum Gasteiger partial charge on any atom is 0.412 e. The van der Waals surface area contributed by atoms with Gasteiger partial charge in [-0.15, -0.1) is 0 Å². The van der Waals surface area contributed by atoms with Gasteiger partial charge < -0.3 is 19.3 Å². The van der Waals surface area contributed by atoms with Crippen LogP contribution in [0, 0.1) is 0 Å². The van der Waals surface area contributed by atoms with Crippen molar-refractivity contribution in [1.82, 2.24) is 5.48 Å². The number of carbonyl (C=O) groups excluding carboxylic acids is 2. The van der Waals surface area contributed by atoms with E-state index in [2.05, 4.69) is 5.32 Å². The third-order valence-corrected chi connectivity index (χ3v) is 4.03. The molecule has 0 heterocycles. The summed E-state index contributed by atoms with van der Waals surface area (Å²) in [5, 5.41) is 20.5. The zero-order chi connectivity index (χ0) is 22.5. The van der Waals surface area contributed by atoms with Gasteiger partial charge in [0, 0.05) is 23.9 Å². The molecular formula is C22H26N2O7. The van der Waals surface area contributed by atoms with E-state index in [-0.39, 0.29) is 19.8 Å². The average molecular weight is 430 g/mol. The molecule has 0 unspecified atom stereocenters. The van der Waals surface area contributed by atoms with E-state index in [0.717, 1.165) is 6.08 Å². The van der Waals surface area contributed by atoms with Crippen molar-refractivity contribution in [1.29, 1.82) is 0 Å². The number of nitrogens with one attached hydrogen (secondary N) is 2. The Hall–Kier alpha value is -3.40. The van der Waals surface area contributed by atoms with Crippen LogP contribution in [-0.4, -0.2) is 48.2 Å². The van der Waals surface area contributed by atoms with E-state index >= 15 is 0 Å². The lowest BCUT2D eigenvalue weighted by atomic mass is 10.0. The maximum absolute atomic E-state index is 12.6. The molecule has 2 atom stereocenters.